The number of carbonyl (C=O) groups excluding carboxylic acids is 1. The highest BCUT2D eigenvalue weighted by Crippen LogP contribution is 2.21. The zero-order valence-corrected chi connectivity index (χ0v) is 14.8. The van der Waals surface area contributed by atoms with Crippen molar-refractivity contribution in [1.82, 2.24) is 10.0 Å². The lowest BCUT2D eigenvalue weighted by atomic mass is 10.2. The monoisotopic (exact) mass is 353 g/mol. The van der Waals surface area contributed by atoms with Crippen LogP contribution in [-0.2, 0) is 16.6 Å². The molecule has 2 N–H and O–H groups in total. The van der Waals surface area contributed by atoms with Gasteiger partial charge in [0.05, 0.1) is 6.54 Å². The van der Waals surface area contributed by atoms with Crippen LogP contribution < -0.4 is 14.9 Å². The summed E-state index contributed by atoms with van der Waals surface area (Å²) in [6.45, 7) is 0.287. The summed E-state index contributed by atoms with van der Waals surface area (Å²) in [5.41, 5.74) is 1.51. The van der Waals surface area contributed by atoms with Crippen molar-refractivity contribution >= 4 is 33.0 Å². The number of amides is 1. The molecule has 2 aromatic rings. The molecule has 1 heterocycles. The maximum absolute atomic E-state index is 12.2. The first kappa shape index (κ1) is 17.5. The molecule has 0 aliphatic rings. The summed E-state index contributed by atoms with van der Waals surface area (Å²) in [6, 6.07) is 10.5. The smallest absolute Gasteiger partial charge is 0.251 e. The van der Waals surface area contributed by atoms with Crippen LogP contribution in [0.1, 0.15) is 15.2 Å². The first-order chi connectivity index (χ1) is 10.8. The van der Waals surface area contributed by atoms with E-state index in [-0.39, 0.29) is 16.7 Å². The third-order valence-electron chi connectivity index (χ3n) is 3.22. The molecule has 1 amide bonds. The second kappa shape index (κ2) is 7.12. The quantitative estimate of drug-likeness (QED) is 0.828. The van der Waals surface area contributed by atoms with Crippen molar-refractivity contribution < 1.29 is 13.2 Å². The molecule has 1 aromatic heterocycles. The molecular weight excluding hydrogens is 334 g/mol. The average molecular weight is 353 g/mol. The second-order valence-electron chi connectivity index (χ2n) is 5.06. The Morgan fingerprint density at radius 3 is 2.61 bits per heavy atom. The molecule has 23 heavy (non-hydrogen) atoms. The standard InChI is InChI=1S/C15H19N3O3S2/c1-16-23(20,21)14-8-7-13(22-14)10-17-15(19)11-5-4-6-12(9-11)18(2)3/h4-9,16H,10H2,1-3H3,(H,17,19). The first-order valence-electron chi connectivity index (χ1n) is 6.91. The maximum Gasteiger partial charge on any atom is 0.251 e. The lowest BCUT2D eigenvalue weighted by Gasteiger charge is -2.13. The van der Waals surface area contributed by atoms with Gasteiger partial charge in [-0.05, 0) is 37.4 Å². The molecule has 1 aromatic carbocycles. The summed E-state index contributed by atoms with van der Waals surface area (Å²) in [6.07, 6.45) is 0. The molecule has 2 rings (SSSR count). The number of anilines is 1. The lowest BCUT2D eigenvalue weighted by Crippen LogP contribution is -2.22. The molecule has 0 saturated heterocycles. The van der Waals surface area contributed by atoms with Gasteiger partial charge in [-0.25, -0.2) is 13.1 Å². The van der Waals surface area contributed by atoms with Crippen LogP contribution >= 0.6 is 11.3 Å². The third-order valence-corrected chi connectivity index (χ3v) is 6.21. The molecule has 0 aliphatic carbocycles. The van der Waals surface area contributed by atoms with E-state index in [1.54, 1.807) is 18.2 Å². The lowest BCUT2D eigenvalue weighted by molar-refractivity contribution is 0.0951. The fourth-order valence-corrected chi connectivity index (χ4v) is 4.03. The van der Waals surface area contributed by atoms with Gasteiger partial charge in [0.15, 0.2) is 0 Å². The van der Waals surface area contributed by atoms with E-state index in [4.69, 9.17) is 0 Å². The minimum absolute atomic E-state index is 0.194. The molecule has 0 atom stereocenters. The summed E-state index contributed by atoms with van der Waals surface area (Å²) in [5, 5.41) is 2.80. The van der Waals surface area contributed by atoms with Gasteiger partial charge in [-0.1, -0.05) is 6.07 Å². The van der Waals surface area contributed by atoms with Gasteiger partial charge >= 0.3 is 0 Å². The van der Waals surface area contributed by atoms with Crippen molar-refractivity contribution in [2.75, 3.05) is 26.0 Å². The molecule has 124 valence electrons. The Labute approximate surface area is 140 Å². The fourth-order valence-electron chi connectivity index (χ4n) is 1.89. The van der Waals surface area contributed by atoms with Crippen molar-refractivity contribution in [3.05, 3.63) is 46.8 Å². The Hall–Kier alpha value is -1.90. The maximum atomic E-state index is 12.2. The molecule has 0 fully saturated rings. The molecule has 0 radical (unpaired) electrons. The largest absolute Gasteiger partial charge is 0.378 e. The van der Waals surface area contributed by atoms with Crippen molar-refractivity contribution in [2.24, 2.45) is 0 Å². The number of nitrogens with one attached hydrogen (secondary N) is 2. The minimum Gasteiger partial charge on any atom is -0.378 e. The number of carbonyl (C=O) groups is 1. The molecule has 0 aliphatic heterocycles. The summed E-state index contributed by atoms with van der Waals surface area (Å²) in [7, 11) is 1.75. The van der Waals surface area contributed by atoms with E-state index >= 15 is 0 Å². The van der Waals surface area contributed by atoms with Gasteiger partial charge in [-0.15, -0.1) is 11.3 Å². The highest BCUT2D eigenvalue weighted by Gasteiger charge is 2.14. The van der Waals surface area contributed by atoms with Crippen LogP contribution in [0.4, 0.5) is 5.69 Å². The van der Waals surface area contributed by atoms with E-state index in [2.05, 4.69) is 10.0 Å². The number of thiophene rings is 1. The zero-order valence-electron chi connectivity index (χ0n) is 13.2. The van der Waals surface area contributed by atoms with Crippen LogP contribution in [0.2, 0.25) is 0 Å². The highest BCUT2D eigenvalue weighted by atomic mass is 32.2. The average Bonchev–Trinajstić information content (AvgIpc) is 3.02. The molecular formula is C15H19N3O3S2. The van der Waals surface area contributed by atoms with E-state index in [0.29, 0.717) is 5.56 Å². The number of benzene rings is 1. The van der Waals surface area contributed by atoms with Crippen LogP contribution in [0.15, 0.2) is 40.6 Å². The van der Waals surface area contributed by atoms with Crippen LogP contribution in [0.25, 0.3) is 0 Å². The summed E-state index contributed by atoms with van der Waals surface area (Å²) < 4.78 is 25.9. The molecule has 0 unspecified atom stereocenters. The van der Waals surface area contributed by atoms with Gasteiger partial charge in [0, 0.05) is 30.2 Å². The van der Waals surface area contributed by atoms with Crippen molar-refractivity contribution in [3.63, 3.8) is 0 Å². The van der Waals surface area contributed by atoms with Gasteiger partial charge in [0.25, 0.3) is 5.91 Å². The Balaban J connectivity index is 2.04. The van der Waals surface area contributed by atoms with Crippen LogP contribution in [0, 0.1) is 0 Å². The van der Waals surface area contributed by atoms with Gasteiger partial charge < -0.3 is 10.2 Å². The first-order valence-corrected chi connectivity index (χ1v) is 9.21. The molecule has 6 nitrogen and oxygen atoms in total. The normalized spacial score (nSPS) is 11.3. The van der Waals surface area contributed by atoms with E-state index in [1.807, 2.05) is 31.1 Å². The predicted octanol–water partition coefficient (Wildman–Crippen LogP) is 1.65. The van der Waals surface area contributed by atoms with Crippen LogP contribution in [-0.4, -0.2) is 35.5 Å². The molecule has 0 bridgehead atoms. The summed E-state index contributed by atoms with van der Waals surface area (Å²) in [4.78, 5) is 14.9. The Morgan fingerprint density at radius 1 is 1.22 bits per heavy atom. The van der Waals surface area contributed by atoms with Crippen molar-refractivity contribution in [1.29, 1.82) is 0 Å². The van der Waals surface area contributed by atoms with E-state index in [1.165, 1.54) is 13.1 Å². The predicted molar refractivity (Wildman–Crippen MR) is 92.5 cm³/mol. The third kappa shape index (κ3) is 4.31. The Morgan fingerprint density at radius 2 is 1.96 bits per heavy atom. The number of nitrogens with zero attached hydrogens (tertiary/aromatic N) is 1. The highest BCUT2D eigenvalue weighted by molar-refractivity contribution is 7.91. The van der Waals surface area contributed by atoms with Crippen LogP contribution in [0.5, 0.6) is 0 Å². The Bertz CT molecular complexity index is 798. The molecule has 0 saturated carbocycles. The molecule has 0 spiro atoms. The topological polar surface area (TPSA) is 78.5 Å². The summed E-state index contributed by atoms with van der Waals surface area (Å²) >= 11 is 1.14. The van der Waals surface area contributed by atoms with Gasteiger partial charge in [-0.3, -0.25) is 4.79 Å². The fraction of sp³-hybridized carbons (Fsp3) is 0.267. The SMILES string of the molecule is CNS(=O)(=O)c1ccc(CNC(=O)c2cccc(N(C)C)c2)s1. The van der Waals surface area contributed by atoms with Gasteiger partial charge in [-0.2, -0.15) is 0 Å². The van der Waals surface area contributed by atoms with Crippen molar-refractivity contribution in [2.45, 2.75) is 10.8 Å². The van der Waals surface area contributed by atoms with E-state index in [0.717, 1.165) is 21.9 Å². The number of hydrogen-bond donors (Lipinski definition) is 2. The van der Waals surface area contributed by atoms with Gasteiger partial charge in [0.2, 0.25) is 10.0 Å². The number of sulfonamides is 1. The van der Waals surface area contributed by atoms with Gasteiger partial charge in [0.1, 0.15) is 4.21 Å². The zero-order chi connectivity index (χ0) is 17.0. The molecule has 8 heteroatoms. The summed E-state index contributed by atoms with van der Waals surface area (Å²) in [5.74, 6) is -0.194. The minimum atomic E-state index is -3.43. The van der Waals surface area contributed by atoms with Crippen molar-refractivity contribution in [3.8, 4) is 0 Å². The Kier molecular flexibility index (Phi) is 5.40. The number of hydrogen-bond acceptors (Lipinski definition) is 5. The number of rotatable bonds is 6. The second-order valence-corrected chi connectivity index (χ2v) is 8.34. The van der Waals surface area contributed by atoms with Crippen LogP contribution in [0.3, 0.4) is 0 Å². The van der Waals surface area contributed by atoms with E-state index < -0.39 is 10.0 Å². The van der Waals surface area contributed by atoms with E-state index in [9.17, 15) is 13.2 Å².